The second-order valence-electron chi connectivity index (χ2n) is 12.1. The van der Waals surface area contributed by atoms with Gasteiger partial charge in [-0.3, -0.25) is 14.4 Å². The SMILES string of the molecule is CCOC(=O)CCC1O[C@]23C(=O)C[C@@]1(C)O[C@]2(C)[C@@H](OC(C)=O)[C@@H](O)[C@H]1C(C)(C)CC[C@H](O)[C@@]13C. The molecule has 9 atom stereocenters. The maximum Gasteiger partial charge on any atom is 0.305 e. The summed E-state index contributed by atoms with van der Waals surface area (Å²) >= 11 is 0. The topological polar surface area (TPSA) is 129 Å². The summed E-state index contributed by atoms with van der Waals surface area (Å²) in [4.78, 5) is 38.5. The zero-order valence-electron chi connectivity index (χ0n) is 21.9. The number of hydrogen-bond acceptors (Lipinski definition) is 9. The molecule has 9 heteroatoms. The van der Waals surface area contributed by atoms with Crippen molar-refractivity contribution in [3.63, 3.8) is 0 Å². The lowest BCUT2D eigenvalue weighted by atomic mass is 9.39. The van der Waals surface area contributed by atoms with Gasteiger partial charge in [-0.1, -0.05) is 20.8 Å². The Hall–Kier alpha value is -1.55. The molecule has 198 valence electrons. The van der Waals surface area contributed by atoms with Crippen molar-refractivity contribution in [2.24, 2.45) is 16.7 Å². The number of aliphatic hydroxyl groups is 2. The third kappa shape index (κ3) is 3.37. The average Bonchev–Trinajstić information content (AvgIpc) is 2.72. The molecule has 0 amide bonds. The molecule has 2 saturated carbocycles. The van der Waals surface area contributed by atoms with Crippen LogP contribution >= 0.6 is 0 Å². The lowest BCUT2D eigenvalue weighted by Gasteiger charge is -2.76. The molecule has 5 fully saturated rings. The summed E-state index contributed by atoms with van der Waals surface area (Å²) in [6.07, 6.45) is -2.57. The zero-order chi connectivity index (χ0) is 26.2. The minimum atomic E-state index is -1.70. The van der Waals surface area contributed by atoms with Crippen LogP contribution in [0.4, 0.5) is 0 Å². The van der Waals surface area contributed by atoms with Crippen LogP contribution in [0.25, 0.3) is 0 Å². The summed E-state index contributed by atoms with van der Waals surface area (Å²) in [5.74, 6) is -1.84. The van der Waals surface area contributed by atoms with E-state index in [1.54, 1.807) is 27.7 Å². The number of ether oxygens (including phenoxy) is 4. The van der Waals surface area contributed by atoms with E-state index in [4.69, 9.17) is 18.9 Å². The summed E-state index contributed by atoms with van der Waals surface area (Å²) in [5.41, 5.74) is -6.10. The quantitative estimate of drug-likeness (QED) is 0.550. The Balaban J connectivity index is 1.89. The predicted octanol–water partition coefficient (Wildman–Crippen LogP) is 2.08. The molecule has 0 aromatic carbocycles. The Morgan fingerprint density at radius 2 is 1.80 bits per heavy atom. The molecule has 3 saturated heterocycles. The number of hydrogen-bond donors (Lipinski definition) is 2. The Bertz CT molecular complexity index is 916. The lowest BCUT2D eigenvalue weighted by molar-refractivity contribution is -0.438. The largest absolute Gasteiger partial charge is 0.466 e. The van der Waals surface area contributed by atoms with Gasteiger partial charge < -0.3 is 29.2 Å². The van der Waals surface area contributed by atoms with Crippen LogP contribution in [0.5, 0.6) is 0 Å². The Morgan fingerprint density at radius 1 is 1.14 bits per heavy atom. The van der Waals surface area contributed by atoms with E-state index in [0.29, 0.717) is 12.8 Å². The molecule has 9 nitrogen and oxygen atoms in total. The maximum atomic E-state index is 14.1. The molecular formula is C26H40O9. The van der Waals surface area contributed by atoms with Crippen molar-refractivity contribution in [3.8, 4) is 0 Å². The van der Waals surface area contributed by atoms with E-state index in [0.717, 1.165) is 0 Å². The minimum Gasteiger partial charge on any atom is -0.466 e. The van der Waals surface area contributed by atoms with Crippen LogP contribution in [0.2, 0.25) is 0 Å². The van der Waals surface area contributed by atoms with Crippen LogP contribution in [-0.2, 0) is 33.3 Å². The number of carbonyl (C=O) groups is 3. The fourth-order valence-corrected chi connectivity index (χ4v) is 8.19. The molecule has 2 N–H and O–H groups in total. The van der Waals surface area contributed by atoms with Crippen LogP contribution in [0.15, 0.2) is 0 Å². The van der Waals surface area contributed by atoms with Crippen LogP contribution in [0, 0.1) is 16.7 Å². The molecule has 5 rings (SSSR count). The molecule has 1 unspecified atom stereocenters. The van der Waals surface area contributed by atoms with Crippen LogP contribution in [0.1, 0.15) is 80.6 Å². The van der Waals surface area contributed by atoms with Gasteiger partial charge in [0.15, 0.2) is 17.5 Å². The fourth-order valence-electron chi connectivity index (χ4n) is 8.19. The molecule has 35 heavy (non-hydrogen) atoms. The zero-order valence-corrected chi connectivity index (χ0v) is 21.9. The second-order valence-corrected chi connectivity index (χ2v) is 12.1. The van der Waals surface area contributed by atoms with E-state index < -0.39 is 63.9 Å². The Morgan fingerprint density at radius 3 is 2.40 bits per heavy atom. The molecule has 5 aliphatic rings. The predicted molar refractivity (Wildman–Crippen MR) is 123 cm³/mol. The van der Waals surface area contributed by atoms with E-state index in [9.17, 15) is 24.6 Å². The van der Waals surface area contributed by atoms with E-state index in [1.807, 2.05) is 13.8 Å². The molecule has 2 aliphatic carbocycles. The van der Waals surface area contributed by atoms with Crippen molar-refractivity contribution in [1.82, 2.24) is 0 Å². The van der Waals surface area contributed by atoms with Crippen molar-refractivity contribution in [2.75, 3.05) is 6.61 Å². The van der Waals surface area contributed by atoms with Crippen LogP contribution < -0.4 is 0 Å². The van der Waals surface area contributed by atoms with Crippen molar-refractivity contribution in [1.29, 1.82) is 0 Å². The third-order valence-corrected chi connectivity index (χ3v) is 9.45. The fraction of sp³-hybridized carbons (Fsp3) is 0.885. The third-order valence-electron chi connectivity index (χ3n) is 9.45. The molecule has 1 spiro atoms. The van der Waals surface area contributed by atoms with Crippen molar-refractivity contribution < 1.29 is 43.5 Å². The number of fused-ring (bicyclic) bond motifs is 3. The van der Waals surface area contributed by atoms with Gasteiger partial charge in [0, 0.05) is 31.1 Å². The normalized spacial score (nSPS) is 48.0. The van der Waals surface area contributed by atoms with Crippen molar-refractivity contribution in [2.45, 2.75) is 122 Å². The monoisotopic (exact) mass is 496 g/mol. The standard InChI is InChI=1S/C26H40O9/c1-8-32-18(30)10-9-17-23(5)13-16(29)26(34-17)24(6)15(28)11-12-22(3,4)20(24)19(31)21(33-14(2)27)25(26,7)35-23/h15,17,19-21,28,31H,8-13H2,1-7H3/t15-,17?,19-,20-,21-,23+,24-,25+,26-/m0/s1. The molecule has 0 aromatic rings. The smallest absolute Gasteiger partial charge is 0.305 e. The first kappa shape index (κ1) is 26.5. The number of aliphatic hydroxyl groups excluding tert-OH is 2. The summed E-state index contributed by atoms with van der Waals surface area (Å²) in [7, 11) is 0. The molecule has 2 bridgehead atoms. The Kier molecular flexibility index (Phi) is 6.23. The number of ketones is 1. The molecule has 3 heterocycles. The van der Waals surface area contributed by atoms with Gasteiger partial charge >= 0.3 is 11.9 Å². The summed E-state index contributed by atoms with van der Waals surface area (Å²) < 4.78 is 24.3. The van der Waals surface area contributed by atoms with E-state index >= 15 is 0 Å². The van der Waals surface area contributed by atoms with Crippen LogP contribution in [0.3, 0.4) is 0 Å². The van der Waals surface area contributed by atoms with E-state index in [2.05, 4.69) is 0 Å². The van der Waals surface area contributed by atoms with Gasteiger partial charge in [-0.05, 0) is 45.4 Å². The summed E-state index contributed by atoms with van der Waals surface area (Å²) in [6, 6.07) is 0. The summed E-state index contributed by atoms with van der Waals surface area (Å²) in [5, 5.41) is 23.3. The number of carbonyl (C=O) groups excluding carboxylic acids is 3. The number of rotatable bonds is 5. The van der Waals surface area contributed by atoms with Gasteiger partial charge in [0.1, 0.15) is 5.60 Å². The maximum absolute atomic E-state index is 14.1. The minimum absolute atomic E-state index is 0.0222. The van der Waals surface area contributed by atoms with Crippen LogP contribution in [-0.4, -0.2) is 75.8 Å². The van der Waals surface area contributed by atoms with Gasteiger partial charge in [0.05, 0.1) is 30.5 Å². The molecule has 3 aliphatic heterocycles. The van der Waals surface area contributed by atoms with Gasteiger partial charge in [-0.25, -0.2) is 0 Å². The lowest BCUT2D eigenvalue weighted by Crippen LogP contribution is -2.91. The first-order valence-corrected chi connectivity index (χ1v) is 12.7. The highest BCUT2D eigenvalue weighted by molar-refractivity contribution is 5.93. The highest BCUT2D eigenvalue weighted by atomic mass is 16.7. The van der Waals surface area contributed by atoms with E-state index in [-0.39, 0.29) is 37.6 Å². The van der Waals surface area contributed by atoms with Gasteiger partial charge in [-0.2, -0.15) is 0 Å². The highest BCUT2D eigenvalue weighted by Gasteiger charge is 2.85. The van der Waals surface area contributed by atoms with Gasteiger partial charge in [-0.15, -0.1) is 0 Å². The molecule has 0 aromatic heterocycles. The van der Waals surface area contributed by atoms with E-state index in [1.165, 1.54) is 6.92 Å². The first-order valence-electron chi connectivity index (χ1n) is 12.7. The first-order chi connectivity index (χ1) is 16.1. The number of esters is 2. The van der Waals surface area contributed by atoms with Gasteiger partial charge in [0.2, 0.25) is 0 Å². The molecule has 0 radical (unpaired) electrons. The second kappa shape index (κ2) is 8.23. The van der Waals surface area contributed by atoms with Crippen molar-refractivity contribution in [3.05, 3.63) is 0 Å². The average molecular weight is 497 g/mol. The molecular weight excluding hydrogens is 456 g/mol. The van der Waals surface area contributed by atoms with Crippen molar-refractivity contribution >= 4 is 17.7 Å². The summed E-state index contributed by atoms with van der Waals surface area (Å²) in [6.45, 7) is 12.4. The number of Topliss-reactive ketones (excluding diaryl/α,β-unsaturated/α-hetero) is 1. The van der Waals surface area contributed by atoms with Gasteiger partial charge in [0.25, 0.3) is 0 Å². The highest BCUT2D eigenvalue weighted by Crippen LogP contribution is 2.70. The Labute approximate surface area is 206 Å².